The zero-order valence-corrected chi connectivity index (χ0v) is 11.0. The van der Waals surface area contributed by atoms with Gasteiger partial charge < -0.3 is 0 Å². The largest absolute Gasteiger partial charge is 0.282 e. The van der Waals surface area contributed by atoms with E-state index >= 15 is 0 Å². The van der Waals surface area contributed by atoms with Gasteiger partial charge in [0.25, 0.3) is 6.43 Å². The number of hydrogen-bond donors (Lipinski definition) is 0. The van der Waals surface area contributed by atoms with E-state index in [0.717, 1.165) is 23.4 Å². The van der Waals surface area contributed by atoms with E-state index in [4.69, 9.17) is 0 Å². The Morgan fingerprint density at radius 1 is 1.25 bits per heavy atom. The van der Waals surface area contributed by atoms with Crippen LogP contribution in [0.1, 0.15) is 36.6 Å². The third kappa shape index (κ3) is 1.79. The summed E-state index contributed by atoms with van der Waals surface area (Å²) in [4.78, 5) is 13.2. The van der Waals surface area contributed by atoms with Gasteiger partial charge >= 0.3 is 0 Å². The van der Waals surface area contributed by atoms with Crippen molar-refractivity contribution in [1.82, 2.24) is 24.7 Å². The minimum absolute atomic E-state index is 0.214. The van der Waals surface area contributed by atoms with E-state index in [9.17, 15) is 8.78 Å². The van der Waals surface area contributed by atoms with E-state index in [2.05, 4.69) is 20.1 Å². The van der Waals surface area contributed by atoms with Crippen molar-refractivity contribution >= 4 is 21.7 Å². The molecule has 0 spiro atoms. The van der Waals surface area contributed by atoms with Crippen LogP contribution in [0, 0.1) is 0 Å². The highest BCUT2D eigenvalue weighted by Gasteiger charge is 2.31. The summed E-state index contributed by atoms with van der Waals surface area (Å²) in [6.45, 7) is 0. The molecule has 0 saturated heterocycles. The fraction of sp³-hybridized carbons (Fsp3) is 0.333. The summed E-state index contributed by atoms with van der Waals surface area (Å²) in [5, 5.41) is 4.01. The number of halogens is 2. The maximum atomic E-state index is 12.9. The molecular weight excluding hydrogens is 284 g/mol. The van der Waals surface area contributed by atoms with Gasteiger partial charge in [0.1, 0.15) is 22.4 Å². The van der Waals surface area contributed by atoms with Gasteiger partial charge in [-0.2, -0.15) is 5.10 Å². The molecule has 0 radical (unpaired) electrons. The quantitative estimate of drug-likeness (QED) is 0.744. The Morgan fingerprint density at radius 2 is 2.10 bits per heavy atom. The lowest BCUT2D eigenvalue weighted by atomic mass is 10.2. The van der Waals surface area contributed by atoms with Crippen molar-refractivity contribution in [2.75, 3.05) is 0 Å². The average molecular weight is 293 g/mol. The molecule has 1 aliphatic rings. The molecule has 20 heavy (non-hydrogen) atoms. The van der Waals surface area contributed by atoms with Crippen LogP contribution in [0.4, 0.5) is 8.78 Å². The first kappa shape index (κ1) is 11.8. The molecule has 0 atom stereocenters. The first-order chi connectivity index (χ1) is 9.74. The maximum Gasteiger partial charge on any atom is 0.282 e. The van der Waals surface area contributed by atoms with E-state index in [1.165, 1.54) is 28.4 Å². The molecule has 0 aliphatic heterocycles. The first-order valence-corrected chi connectivity index (χ1v) is 7.04. The summed E-state index contributed by atoms with van der Waals surface area (Å²) < 4.78 is 27.3. The number of rotatable bonds is 3. The monoisotopic (exact) mass is 293 g/mol. The SMILES string of the molecule is FC(F)c1cc(C2CC2)n(-c2ncnc3scnc23)n1. The summed E-state index contributed by atoms with van der Waals surface area (Å²) in [7, 11) is 0. The van der Waals surface area contributed by atoms with Crippen LogP contribution in [0.25, 0.3) is 16.2 Å². The Morgan fingerprint density at radius 3 is 2.85 bits per heavy atom. The zero-order chi connectivity index (χ0) is 13.7. The molecule has 4 rings (SSSR count). The Kier molecular flexibility index (Phi) is 2.53. The predicted molar refractivity (Wildman–Crippen MR) is 69.3 cm³/mol. The minimum atomic E-state index is -2.58. The minimum Gasteiger partial charge on any atom is -0.239 e. The zero-order valence-electron chi connectivity index (χ0n) is 10.2. The molecule has 102 valence electrons. The van der Waals surface area contributed by atoms with Gasteiger partial charge in [-0.1, -0.05) is 0 Å². The van der Waals surface area contributed by atoms with Gasteiger partial charge in [-0.25, -0.2) is 28.4 Å². The topological polar surface area (TPSA) is 56.5 Å². The van der Waals surface area contributed by atoms with Crippen LogP contribution in [0.5, 0.6) is 0 Å². The van der Waals surface area contributed by atoms with Gasteiger partial charge in [0.2, 0.25) is 0 Å². The van der Waals surface area contributed by atoms with Crippen molar-refractivity contribution in [3.63, 3.8) is 0 Å². The lowest BCUT2D eigenvalue weighted by Gasteiger charge is -2.05. The third-order valence-electron chi connectivity index (χ3n) is 3.29. The lowest BCUT2D eigenvalue weighted by molar-refractivity contribution is 0.145. The Labute approximate surface area is 116 Å². The second-order valence-corrected chi connectivity index (χ2v) is 5.52. The van der Waals surface area contributed by atoms with Gasteiger partial charge in [-0.3, -0.25) is 0 Å². The molecule has 3 aromatic rings. The number of hydrogen-bond acceptors (Lipinski definition) is 5. The average Bonchev–Trinajstić information content (AvgIpc) is 3.02. The maximum absolute atomic E-state index is 12.9. The van der Waals surface area contributed by atoms with Crippen molar-refractivity contribution in [3.05, 3.63) is 29.3 Å². The van der Waals surface area contributed by atoms with Crippen LogP contribution in [0.2, 0.25) is 0 Å². The fourth-order valence-electron chi connectivity index (χ4n) is 2.20. The molecular formula is C12H9F2N5S. The van der Waals surface area contributed by atoms with Crippen LogP contribution in [0.15, 0.2) is 17.9 Å². The molecule has 3 heterocycles. The van der Waals surface area contributed by atoms with Gasteiger partial charge in [0, 0.05) is 11.6 Å². The summed E-state index contributed by atoms with van der Waals surface area (Å²) in [5.74, 6) is 0.767. The van der Waals surface area contributed by atoms with Crippen LogP contribution in [-0.2, 0) is 0 Å². The summed E-state index contributed by atoms with van der Waals surface area (Å²) in [6, 6.07) is 1.47. The van der Waals surface area contributed by atoms with Crippen LogP contribution >= 0.6 is 11.3 Å². The summed E-state index contributed by atoms with van der Waals surface area (Å²) >= 11 is 1.39. The van der Waals surface area contributed by atoms with E-state index < -0.39 is 6.43 Å². The van der Waals surface area contributed by atoms with Gasteiger partial charge in [-0.05, 0) is 18.9 Å². The van der Waals surface area contributed by atoms with Crippen molar-refractivity contribution in [2.24, 2.45) is 0 Å². The Hall–Kier alpha value is -1.96. The van der Waals surface area contributed by atoms with Crippen molar-refractivity contribution < 1.29 is 8.78 Å². The third-order valence-corrected chi connectivity index (χ3v) is 4.02. The Balaban J connectivity index is 1.94. The van der Waals surface area contributed by atoms with E-state index in [1.807, 2.05) is 0 Å². The highest BCUT2D eigenvalue weighted by atomic mass is 32.1. The highest BCUT2D eigenvalue weighted by molar-refractivity contribution is 7.16. The number of thiazole rings is 1. The summed E-state index contributed by atoms with van der Waals surface area (Å²) in [6.07, 6.45) is 0.830. The fourth-order valence-corrected chi connectivity index (χ4v) is 2.82. The number of nitrogens with zero attached hydrogens (tertiary/aromatic N) is 5. The standard InChI is InChI=1S/C12H9F2N5S/c13-10(14)7-3-8(6-1-2-6)19(18-7)11-9-12(16-4-15-11)20-5-17-9/h3-6,10H,1-2H2. The number of fused-ring (bicyclic) bond motifs is 1. The van der Waals surface area contributed by atoms with Gasteiger partial charge in [-0.15, -0.1) is 11.3 Å². The highest BCUT2D eigenvalue weighted by Crippen LogP contribution is 2.42. The molecule has 0 aromatic carbocycles. The van der Waals surface area contributed by atoms with Crippen LogP contribution in [0.3, 0.4) is 0 Å². The second kappa shape index (κ2) is 4.27. The van der Waals surface area contributed by atoms with Gasteiger partial charge in [0.15, 0.2) is 5.82 Å². The number of aromatic nitrogens is 5. The molecule has 0 bridgehead atoms. The molecule has 1 saturated carbocycles. The van der Waals surface area contributed by atoms with Gasteiger partial charge in [0.05, 0.1) is 5.51 Å². The van der Waals surface area contributed by atoms with E-state index in [1.54, 1.807) is 5.51 Å². The molecule has 0 N–H and O–H groups in total. The Bertz CT molecular complexity index is 777. The normalized spacial score (nSPS) is 15.3. The molecule has 1 fully saturated rings. The molecule has 8 heteroatoms. The summed E-state index contributed by atoms with van der Waals surface area (Å²) in [5.41, 5.74) is 2.84. The predicted octanol–water partition coefficient (Wildman–Crippen LogP) is 3.09. The smallest absolute Gasteiger partial charge is 0.239 e. The van der Waals surface area contributed by atoms with Crippen LogP contribution < -0.4 is 0 Å². The molecule has 1 aliphatic carbocycles. The van der Waals surface area contributed by atoms with Crippen molar-refractivity contribution in [3.8, 4) is 5.82 Å². The molecule has 0 unspecified atom stereocenters. The second-order valence-electron chi connectivity index (χ2n) is 4.68. The van der Waals surface area contributed by atoms with E-state index in [-0.39, 0.29) is 5.69 Å². The lowest BCUT2D eigenvalue weighted by Crippen LogP contribution is -2.05. The molecule has 5 nitrogen and oxygen atoms in total. The first-order valence-electron chi connectivity index (χ1n) is 6.16. The van der Waals surface area contributed by atoms with Crippen LogP contribution in [-0.4, -0.2) is 24.7 Å². The molecule has 0 amide bonds. The van der Waals surface area contributed by atoms with E-state index in [0.29, 0.717) is 17.3 Å². The number of alkyl halides is 2. The van der Waals surface area contributed by atoms with Crippen molar-refractivity contribution in [1.29, 1.82) is 0 Å². The van der Waals surface area contributed by atoms with Crippen molar-refractivity contribution in [2.45, 2.75) is 25.2 Å². The molecule has 3 aromatic heterocycles.